The third-order valence-electron chi connectivity index (χ3n) is 3.75. The molecule has 2 amide bonds. The van der Waals surface area contributed by atoms with Gasteiger partial charge in [0.1, 0.15) is 6.04 Å². The molecule has 7 nitrogen and oxygen atoms in total. The first-order valence-electron chi connectivity index (χ1n) is 8.53. The van der Waals surface area contributed by atoms with Crippen LogP contribution in [-0.2, 0) is 14.8 Å². The molecule has 28 heavy (non-hydrogen) atoms. The molecule has 2 rings (SSSR count). The number of benzene rings is 1. The van der Waals surface area contributed by atoms with Crippen molar-refractivity contribution in [3.05, 3.63) is 50.6 Å². The molecule has 0 spiro atoms. The molecule has 1 aromatic heterocycles. The Morgan fingerprint density at radius 1 is 1.07 bits per heavy atom. The second-order valence-corrected chi connectivity index (χ2v) is 10.8. The van der Waals surface area contributed by atoms with Crippen LogP contribution in [0.2, 0.25) is 0 Å². The third kappa shape index (κ3) is 6.40. The van der Waals surface area contributed by atoms with Crippen molar-refractivity contribution in [2.45, 2.75) is 38.1 Å². The molecular formula is C18H22BrN3O4S2. The molecule has 0 aliphatic heterocycles. The van der Waals surface area contributed by atoms with Crippen molar-refractivity contribution >= 4 is 49.1 Å². The van der Waals surface area contributed by atoms with E-state index in [1.54, 1.807) is 24.3 Å². The normalized spacial score (nSPS) is 12.6. The van der Waals surface area contributed by atoms with Gasteiger partial charge in [0.05, 0.1) is 13.6 Å². The fourth-order valence-corrected chi connectivity index (χ4v) is 4.85. The number of thiophene rings is 1. The molecule has 0 bridgehead atoms. The summed E-state index contributed by atoms with van der Waals surface area (Å²) in [6, 6.07) is 8.65. The lowest BCUT2D eigenvalue weighted by atomic mass is 10.0. The molecule has 3 N–H and O–H groups in total. The average molecular weight is 488 g/mol. The zero-order valence-electron chi connectivity index (χ0n) is 15.7. The summed E-state index contributed by atoms with van der Waals surface area (Å²) in [6.07, 6.45) is 0.275. The average Bonchev–Trinajstić information content (AvgIpc) is 3.05. The van der Waals surface area contributed by atoms with Gasteiger partial charge in [0.15, 0.2) is 0 Å². The van der Waals surface area contributed by atoms with Crippen LogP contribution in [0.4, 0.5) is 0 Å². The van der Waals surface area contributed by atoms with Crippen LogP contribution in [0.15, 0.2) is 45.1 Å². The van der Waals surface area contributed by atoms with Crippen molar-refractivity contribution in [3.63, 3.8) is 0 Å². The van der Waals surface area contributed by atoms with E-state index >= 15 is 0 Å². The molecule has 0 fully saturated rings. The van der Waals surface area contributed by atoms with E-state index in [2.05, 4.69) is 31.5 Å². The maximum Gasteiger partial charge on any atom is 0.279 e. The molecule has 1 unspecified atom stereocenters. The van der Waals surface area contributed by atoms with Crippen molar-refractivity contribution in [1.82, 2.24) is 15.6 Å². The summed E-state index contributed by atoms with van der Waals surface area (Å²) < 4.78 is 28.5. The molecule has 152 valence electrons. The van der Waals surface area contributed by atoms with Gasteiger partial charge < -0.3 is 0 Å². The van der Waals surface area contributed by atoms with Crippen LogP contribution in [0.3, 0.4) is 0 Å². The van der Waals surface area contributed by atoms with Crippen molar-refractivity contribution in [2.75, 3.05) is 0 Å². The highest BCUT2D eigenvalue weighted by Crippen LogP contribution is 2.21. The van der Waals surface area contributed by atoms with Crippen LogP contribution >= 0.6 is 27.3 Å². The fourth-order valence-electron chi connectivity index (χ4n) is 2.36. The monoisotopic (exact) mass is 487 g/mol. The van der Waals surface area contributed by atoms with E-state index in [1.807, 2.05) is 20.8 Å². The van der Waals surface area contributed by atoms with E-state index in [9.17, 15) is 18.0 Å². The standard InChI is InChI=1S/C18H22BrN3O4S2/c1-11(2)10-14(22-28(25,26)13-6-4-12(3)5-7-13)17(23)20-21-18(24)15-8-9-16(19)27-15/h4-9,11,14,22H,10H2,1-3H3,(H,20,23)(H,21,24). The molecule has 1 heterocycles. The minimum atomic E-state index is -3.88. The van der Waals surface area contributed by atoms with Crippen molar-refractivity contribution < 1.29 is 18.0 Å². The predicted octanol–water partition coefficient (Wildman–Crippen LogP) is 2.97. The van der Waals surface area contributed by atoms with Gasteiger partial charge in [0.2, 0.25) is 10.0 Å². The second-order valence-electron chi connectivity index (χ2n) is 6.66. The molecule has 0 saturated heterocycles. The van der Waals surface area contributed by atoms with Gasteiger partial charge in [-0.1, -0.05) is 31.5 Å². The number of nitrogens with one attached hydrogen (secondary N) is 3. The molecule has 0 aliphatic rings. The highest BCUT2D eigenvalue weighted by atomic mass is 79.9. The van der Waals surface area contributed by atoms with E-state index in [-0.39, 0.29) is 17.2 Å². The minimum Gasteiger partial charge on any atom is -0.271 e. The largest absolute Gasteiger partial charge is 0.279 e. The highest BCUT2D eigenvalue weighted by Gasteiger charge is 2.27. The topological polar surface area (TPSA) is 104 Å². The van der Waals surface area contributed by atoms with Crippen molar-refractivity contribution in [3.8, 4) is 0 Å². The molecule has 2 aromatic rings. The number of sulfonamides is 1. The van der Waals surface area contributed by atoms with E-state index in [1.165, 1.54) is 23.5 Å². The lowest BCUT2D eigenvalue weighted by Gasteiger charge is -2.20. The van der Waals surface area contributed by atoms with Gasteiger partial charge in [0, 0.05) is 0 Å². The smallest absolute Gasteiger partial charge is 0.271 e. The SMILES string of the molecule is Cc1ccc(S(=O)(=O)NC(CC(C)C)C(=O)NNC(=O)c2ccc(Br)s2)cc1. The van der Waals surface area contributed by atoms with Crippen LogP contribution in [-0.4, -0.2) is 26.3 Å². The lowest BCUT2D eigenvalue weighted by molar-refractivity contribution is -0.123. The maximum atomic E-state index is 12.6. The number of carbonyl (C=O) groups excluding carboxylic acids is 2. The van der Waals surface area contributed by atoms with Gasteiger partial charge in [-0.2, -0.15) is 4.72 Å². The van der Waals surface area contributed by atoms with Crippen LogP contribution in [0.1, 0.15) is 35.5 Å². The first-order chi connectivity index (χ1) is 13.1. The van der Waals surface area contributed by atoms with Gasteiger partial charge in [-0.3, -0.25) is 20.4 Å². The number of amides is 2. The number of carbonyl (C=O) groups is 2. The number of hydrazine groups is 1. The second kappa shape index (κ2) is 9.64. The Labute approximate surface area is 177 Å². The van der Waals surface area contributed by atoms with Crippen LogP contribution in [0.5, 0.6) is 0 Å². The Kier molecular flexibility index (Phi) is 7.76. The van der Waals surface area contributed by atoms with Crippen LogP contribution in [0, 0.1) is 12.8 Å². The van der Waals surface area contributed by atoms with Crippen LogP contribution < -0.4 is 15.6 Å². The first-order valence-corrected chi connectivity index (χ1v) is 11.6. The third-order valence-corrected chi connectivity index (χ3v) is 6.86. The summed E-state index contributed by atoms with van der Waals surface area (Å²) in [5, 5.41) is 0. The number of rotatable bonds is 7. The highest BCUT2D eigenvalue weighted by molar-refractivity contribution is 9.11. The molecule has 1 atom stereocenters. The Hall–Kier alpha value is -1.75. The van der Waals surface area contributed by atoms with E-state index < -0.39 is 27.9 Å². The lowest BCUT2D eigenvalue weighted by Crippen LogP contribution is -2.52. The molecule has 0 saturated carbocycles. The molecule has 0 radical (unpaired) electrons. The summed E-state index contributed by atoms with van der Waals surface area (Å²) in [6.45, 7) is 5.61. The van der Waals surface area contributed by atoms with Gasteiger partial charge in [-0.25, -0.2) is 8.42 Å². The Balaban J connectivity index is 2.08. The fraction of sp³-hybridized carbons (Fsp3) is 0.333. The zero-order chi connectivity index (χ0) is 20.9. The quantitative estimate of drug-likeness (QED) is 0.522. The molecule has 10 heteroatoms. The van der Waals surface area contributed by atoms with Gasteiger partial charge in [-0.05, 0) is 59.5 Å². The summed E-state index contributed by atoms with van der Waals surface area (Å²) in [5.41, 5.74) is 5.55. The van der Waals surface area contributed by atoms with Gasteiger partial charge >= 0.3 is 0 Å². The number of hydrogen-bond acceptors (Lipinski definition) is 5. The summed E-state index contributed by atoms with van der Waals surface area (Å²) in [5.74, 6) is -1.05. The zero-order valence-corrected chi connectivity index (χ0v) is 18.9. The number of aryl methyl sites for hydroxylation is 1. The van der Waals surface area contributed by atoms with Gasteiger partial charge in [-0.15, -0.1) is 11.3 Å². The van der Waals surface area contributed by atoms with Crippen molar-refractivity contribution in [2.24, 2.45) is 5.92 Å². The van der Waals surface area contributed by atoms with E-state index in [0.717, 1.165) is 9.35 Å². The van der Waals surface area contributed by atoms with Crippen LogP contribution in [0.25, 0.3) is 0 Å². The minimum absolute atomic E-state index is 0.0559. The Morgan fingerprint density at radius 3 is 2.25 bits per heavy atom. The molecule has 1 aromatic carbocycles. The Morgan fingerprint density at radius 2 is 1.71 bits per heavy atom. The summed E-state index contributed by atoms with van der Waals surface area (Å²) in [7, 11) is -3.88. The number of halogens is 1. The summed E-state index contributed by atoms with van der Waals surface area (Å²) in [4.78, 5) is 25.1. The van der Waals surface area contributed by atoms with Gasteiger partial charge in [0.25, 0.3) is 11.8 Å². The van der Waals surface area contributed by atoms with E-state index in [0.29, 0.717) is 4.88 Å². The van der Waals surface area contributed by atoms with Crippen molar-refractivity contribution in [1.29, 1.82) is 0 Å². The maximum absolute atomic E-state index is 12.6. The number of hydrogen-bond donors (Lipinski definition) is 3. The predicted molar refractivity (Wildman–Crippen MR) is 112 cm³/mol. The summed E-state index contributed by atoms with van der Waals surface area (Å²) >= 11 is 4.48. The van der Waals surface area contributed by atoms with E-state index in [4.69, 9.17) is 0 Å². The first kappa shape index (κ1) is 22.5. The Bertz CT molecular complexity index is 940. The molecular weight excluding hydrogens is 466 g/mol. The molecule has 0 aliphatic carbocycles.